The van der Waals surface area contributed by atoms with Gasteiger partial charge >= 0.3 is 0 Å². The lowest BCUT2D eigenvalue weighted by Gasteiger charge is -2.10. The fourth-order valence-corrected chi connectivity index (χ4v) is 3.65. The van der Waals surface area contributed by atoms with Crippen LogP contribution >= 0.6 is 11.8 Å². The van der Waals surface area contributed by atoms with E-state index in [9.17, 15) is 8.42 Å². The van der Waals surface area contributed by atoms with Crippen molar-refractivity contribution in [3.63, 3.8) is 0 Å². The zero-order chi connectivity index (χ0) is 16.7. The van der Waals surface area contributed by atoms with Gasteiger partial charge in [-0.1, -0.05) is 18.2 Å². The highest BCUT2D eigenvalue weighted by molar-refractivity contribution is 7.98. The largest absolute Gasteiger partial charge is 0.355 e. The van der Waals surface area contributed by atoms with Crippen molar-refractivity contribution < 1.29 is 8.42 Å². The van der Waals surface area contributed by atoms with Crippen molar-refractivity contribution in [2.24, 2.45) is 0 Å². The molecule has 0 aliphatic rings. The summed E-state index contributed by atoms with van der Waals surface area (Å²) in [6.45, 7) is 2.44. The van der Waals surface area contributed by atoms with E-state index in [1.165, 1.54) is 12.1 Å². The first-order chi connectivity index (χ1) is 11.0. The van der Waals surface area contributed by atoms with Gasteiger partial charge in [-0.25, -0.2) is 18.1 Å². The molecule has 1 aromatic heterocycles. The summed E-state index contributed by atoms with van der Waals surface area (Å²) in [5.41, 5.74) is 2.06. The molecule has 1 heterocycles. The highest BCUT2D eigenvalue weighted by Gasteiger charge is 2.14. The van der Waals surface area contributed by atoms with E-state index >= 15 is 0 Å². The summed E-state index contributed by atoms with van der Waals surface area (Å²) in [4.78, 5) is 7.32. The number of sulfonamides is 1. The molecule has 23 heavy (non-hydrogen) atoms. The Morgan fingerprint density at radius 2 is 2.09 bits per heavy atom. The number of imidazole rings is 1. The number of guanidine groups is 1. The summed E-state index contributed by atoms with van der Waals surface area (Å²) in [7, 11) is -3.70. The van der Waals surface area contributed by atoms with Crippen LogP contribution in [0.2, 0.25) is 0 Å². The van der Waals surface area contributed by atoms with Crippen molar-refractivity contribution >= 4 is 27.7 Å². The van der Waals surface area contributed by atoms with E-state index in [2.05, 4.69) is 20.0 Å². The van der Waals surface area contributed by atoms with Crippen LogP contribution in [-0.4, -0.2) is 36.6 Å². The molecule has 0 unspecified atom stereocenters. The monoisotopic (exact) mass is 353 g/mol. The van der Waals surface area contributed by atoms with Crippen LogP contribution in [-0.2, 0) is 15.8 Å². The normalized spacial score (nSPS) is 11.2. The summed E-state index contributed by atoms with van der Waals surface area (Å²) in [5.74, 6) is 1.32. The maximum Gasteiger partial charge on any atom is 0.264 e. The van der Waals surface area contributed by atoms with E-state index in [0.717, 1.165) is 22.9 Å². The minimum atomic E-state index is -3.70. The van der Waals surface area contributed by atoms with Crippen molar-refractivity contribution in [2.75, 3.05) is 12.3 Å². The number of aromatic nitrogens is 2. The van der Waals surface area contributed by atoms with Gasteiger partial charge in [0.1, 0.15) is 0 Å². The van der Waals surface area contributed by atoms with Crippen molar-refractivity contribution in [3.8, 4) is 0 Å². The molecule has 0 spiro atoms. The number of benzene rings is 1. The third-order valence-corrected chi connectivity index (χ3v) is 5.37. The highest BCUT2D eigenvalue weighted by Crippen LogP contribution is 2.11. The van der Waals surface area contributed by atoms with Crippen LogP contribution in [0.5, 0.6) is 0 Å². The number of H-pyrrole nitrogens is 1. The zero-order valence-electron chi connectivity index (χ0n) is 12.7. The van der Waals surface area contributed by atoms with Gasteiger partial charge in [0, 0.05) is 23.7 Å². The lowest BCUT2D eigenvalue weighted by atomic mass is 10.4. The zero-order valence-corrected chi connectivity index (χ0v) is 14.3. The van der Waals surface area contributed by atoms with Crippen LogP contribution in [0.1, 0.15) is 11.4 Å². The van der Waals surface area contributed by atoms with E-state index < -0.39 is 10.0 Å². The molecule has 0 amide bonds. The standard InChI is InChI=1S/C14H19N5O2S2/c1-11-13(18-10-17-11)9-22-8-7-16-14(15)19-23(20,21)12-5-3-2-4-6-12/h2-6,10H,7-9H2,1H3,(H,17,18)(H3,15,16,19). The number of hydrogen-bond donors (Lipinski definition) is 4. The minimum Gasteiger partial charge on any atom is -0.355 e. The summed E-state index contributed by atoms with van der Waals surface area (Å²) in [6, 6.07) is 7.98. The van der Waals surface area contributed by atoms with Gasteiger partial charge in [0.25, 0.3) is 10.0 Å². The molecule has 2 aromatic rings. The predicted octanol–water partition coefficient (Wildman–Crippen LogP) is 1.45. The Morgan fingerprint density at radius 3 is 2.74 bits per heavy atom. The summed E-state index contributed by atoms with van der Waals surface area (Å²) in [6.07, 6.45) is 1.66. The average Bonchev–Trinajstić information content (AvgIpc) is 2.93. The Morgan fingerprint density at radius 1 is 1.35 bits per heavy atom. The second-order valence-electron chi connectivity index (χ2n) is 4.74. The molecule has 0 aliphatic carbocycles. The van der Waals surface area contributed by atoms with Gasteiger partial charge in [-0.15, -0.1) is 0 Å². The fourth-order valence-electron chi connectivity index (χ4n) is 1.79. The third kappa shape index (κ3) is 5.29. The Kier molecular flexibility index (Phi) is 6.05. The first kappa shape index (κ1) is 17.4. The molecule has 2 rings (SSSR count). The molecular weight excluding hydrogens is 334 g/mol. The molecule has 0 fully saturated rings. The highest BCUT2D eigenvalue weighted by atomic mass is 32.2. The van der Waals surface area contributed by atoms with Crippen molar-refractivity contribution in [1.29, 1.82) is 5.41 Å². The number of hydrogen-bond acceptors (Lipinski definition) is 5. The van der Waals surface area contributed by atoms with Gasteiger partial charge in [-0.05, 0) is 19.1 Å². The SMILES string of the molecule is Cc1nc[nH]c1CSCCNC(=N)NS(=O)(=O)c1ccccc1. The van der Waals surface area contributed by atoms with Crippen LogP contribution in [0.4, 0.5) is 0 Å². The number of nitrogens with zero attached hydrogens (tertiary/aromatic N) is 1. The Hall–Kier alpha value is -2.00. The quantitative estimate of drug-likeness (QED) is 0.342. The first-order valence-corrected chi connectivity index (χ1v) is 9.60. The predicted molar refractivity (Wildman–Crippen MR) is 92.0 cm³/mol. The fraction of sp³-hybridized carbons (Fsp3) is 0.286. The molecule has 0 radical (unpaired) electrons. The van der Waals surface area contributed by atoms with Gasteiger partial charge in [0.2, 0.25) is 5.96 Å². The molecule has 124 valence electrons. The van der Waals surface area contributed by atoms with E-state index in [-0.39, 0.29) is 10.9 Å². The maximum absolute atomic E-state index is 12.0. The molecule has 0 atom stereocenters. The van der Waals surface area contributed by atoms with Crippen LogP contribution in [0, 0.1) is 12.3 Å². The van der Waals surface area contributed by atoms with Gasteiger partial charge < -0.3 is 10.3 Å². The smallest absolute Gasteiger partial charge is 0.264 e. The molecule has 0 saturated carbocycles. The molecule has 4 N–H and O–H groups in total. The number of rotatable bonds is 7. The Bertz CT molecular complexity index is 744. The molecular formula is C14H19N5O2S2. The molecule has 0 saturated heterocycles. The Balaban J connectivity index is 1.70. The molecule has 0 bridgehead atoms. The van der Waals surface area contributed by atoms with E-state index in [4.69, 9.17) is 5.41 Å². The number of nitrogens with one attached hydrogen (secondary N) is 4. The maximum atomic E-state index is 12.0. The van der Waals surface area contributed by atoms with Crippen LogP contribution < -0.4 is 10.0 Å². The molecule has 0 aliphatic heterocycles. The molecule has 7 nitrogen and oxygen atoms in total. The summed E-state index contributed by atoms with van der Waals surface area (Å²) in [5, 5.41) is 10.4. The second kappa shape index (κ2) is 8.02. The lowest BCUT2D eigenvalue weighted by Crippen LogP contribution is -2.40. The van der Waals surface area contributed by atoms with Gasteiger partial charge in [0.05, 0.1) is 16.9 Å². The van der Waals surface area contributed by atoms with Crippen molar-refractivity contribution in [1.82, 2.24) is 20.0 Å². The number of aryl methyl sites for hydroxylation is 1. The number of thioether (sulfide) groups is 1. The Labute approximate surface area is 139 Å². The summed E-state index contributed by atoms with van der Waals surface area (Å²) >= 11 is 1.67. The molecule has 9 heteroatoms. The lowest BCUT2D eigenvalue weighted by molar-refractivity contribution is 0.591. The second-order valence-corrected chi connectivity index (χ2v) is 7.53. The topological polar surface area (TPSA) is 111 Å². The summed E-state index contributed by atoms with van der Waals surface area (Å²) < 4.78 is 26.2. The van der Waals surface area contributed by atoms with Gasteiger partial charge in [-0.3, -0.25) is 5.41 Å². The molecule has 1 aromatic carbocycles. The van der Waals surface area contributed by atoms with Crippen LogP contribution in [0.15, 0.2) is 41.6 Å². The van der Waals surface area contributed by atoms with E-state index in [1.54, 1.807) is 36.3 Å². The van der Waals surface area contributed by atoms with Crippen molar-refractivity contribution in [3.05, 3.63) is 48.0 Å². The van der Waals surface area contributed by atoms with Crippen molar-refractivity contribution in [2.45, 2.75) is 17.6 Å². The number of aromatic amines is 1. The third-order valence-electron chi connectivity index (χ3n) is 3.02. The first-order valence-electron chi connectivity index (χ1n) is 6.96. The van der Waals surface area contributed by atoms with E-state index in [0.29, 0.717) is 6.54 Å². The van der Waals surface area contributed by atoms with Crippen LogP contribution in [0.25, 0.3) is 0 Å². The minimum absolute atomic E-state index is 0.135. The average molecular weight is 353 g/mol. The van der Waals surface area contributed by atoms with Gasteiger partial charge in [0.15, 0.2) is 0 Å². The van der Waals surface area contributed by atoms with Crippen LogP contribution in [0.3, 0.4) is 0 Å². The van der Waals surface area contributed by atoms with E-state index in [1.807, 2.05) is 6.92 Å². The van der Waals surface area contributed by atoms with Gasteiger partial charge in [-0.2, -0.15) is 11.8 Å².